The summed E-state index contributed by atoms with van der Waals surface area (Å²) in [6, 6.07) is 12.1. The van der Waals surface area contributed by atoms with E-state index in [1.807, 2.05) is 4.72 Å². The van der Waals surface area contributed by atoms with Crippen molar-refractivity contribution in [3.05, 3.63) is 66.5 Å². The highest BCUT2D eigenvalue weighted by Gasteiger charge is 2.24. The van der Waals surface area contributed by atoms with E-state index >= 15 is 0 Å². The first-order valence-corrected chi connectivity index (χ1v) is 11.8. The molecule has 0 aliphatic heterocycles. The van der Waals surface area contributed by atoms with Crippen LogP contribution in [-0.4, -0.2) is 49.0 Å². The molecule has 0 fully saturated rings. The molecule has 0 amide bonds. The van der Waals surface area contributed by atoms with E-state index in [-0.39, 0.29) is 27.6 Å². The Balaban J connectivity index is 1.90. The van der Waals surface area contributed by atoms with E-state index in [2.05, 4.69) is 20.8 Å². The van der Waals surface area contributed by atoms with Gasteiger partial charge in [0.2, 0.25) is 10.0 Å². The maximum Gasteiger partial charge on any atom is 0.387 e. The quantitative estimate of drug-likeness (QED) is 0.333. The molecule has 0 spiro atoms. The van der Waals surface area contributed by atoms with E-state index in [0.29, 0.717) is 16.7 Å². The summed E-state index contributed by atoms with van der Waals surface area (Å²) in [6.07, 6.45) is 2.48. The number of alkyl halides is 4. The zero-order valence-electron chi connectivity index (χ0n) is 18.3. The van der Waals surface area contributed by atoms with Gasteiger partial charge in [-0.1, -0.05) is 6.07 Å². The summed E-state index contributed by atoms with van der Waals surface area (Å²) < 4.78 is 84.1. The Morgan fingerprint density at radius 3 is 2.44 bits per heavy atom. The number of nitrogens with zero attached hydrogens (tertiary/aromatic N) is 4. The lowest BCUT2D eigenvalue weighted by Crippen LogP contribution is -2.37. The number of sulfonamides is 1. The molecule has 1 aromatic carbocycles. The fraction of sp³-hybridized carbons (Fsp3) is 0.174. The maximum atomic E-state index is 12.8. The third-order valence-electron chi connectivity index (χ3n) is 5.14. The Labute approximate surface area is 202 Å². The van der Waals surface area contributed by atoms with Gasteiger partial charge in [-0.3, -0.25) is 9.55 Å². The van der Waals surface area contributed by atoms with Crippen LogP contribution in [0.5, 0.6) is 5.75 Å². The Hall–Kier alpha value is -4.02. The normalized spacial score (nSPS) is 11.8. The molecule has 0 saturated carbocycles. The van der Waals surface area contributed by atoms with Crippen molar-refractivity contribution in [1.29, 1.82) is 5.26 Å². The SMILES string of the molecule is N#Cc1c(-c2ccc(S(=O)(=O)NC(CF)CF)cn2)n(-c2ccccn2)c2cc(OC(F)F)ccc12. The molecule has 13 heteroatoms. The van der Waals surface area contributed by atoms with Crippen molar-refractivity contribution in [2.24, 2.45) is 0 Å². The van der Waals surface area contributed by atoms with Gasteiger partial charge in [-0.2, -0.15) is 14.0 Å². The minimum absolute atomic E-state index is 0.135. The van der Waals surface area contributed by atoms with Crippen LogP contribution in [-0.2, 0) is 10.0 Å². The van der Waals surface area contributed by atoms with E-state index < -0.39 is 36.0 Å². The van der Waals surface area contributed by atoms with Crippen LogP contribution < -0.4 is 9.46 Å². The first-order valence-electron chi connectivity index (χ1n) is 10.3. The second kappa shape index (κ2) is 10.3. The first kappa shape index (κ1) is 25.1. The van der Waals surface area contributed by atoms with E-state index in [0.717, 1.165) is 6.20 Å². The minimum atomic E-state index is -4.27. The van der Waals surface area contributed by atoms with Gasteiger partial charge in [-0.25, -0.2) is 26.9 Å². The molecule has 186 valence electrons. The fourth-order valence-electron chi connectivity index (χ4n) is 3.59. The number of fused-ring (bicyclic) bond motifs is 1. The van der Waals surface area contributed by atoms with Gasteiger partial charge in [-0.15, -0.1) is 0 Å². The number of ether oxygens (including phenoxy) is 1. The second-order valence-electron chi connectivity index (χ2n) is 7.42. The van der Waals surface area contributed by atoms with Crippen molar-refractivity contribution < 1.29 is 30.7 Å². The van der Waals surface area contributed by atoms with Crippen LogP contribution in [0.25, 0.3) is 28.1 Å². The fourth-order valence-corrected chi connectivity index (χ4v) is 4.73. The number of benzene rings is 1. The van der Waals surface area contributed by atoms with Crippen molar-refractivity contribution in [2.45, 2.75) is 17.5 Å². The lowest BCUT2D eigenvalue weighted by molar-refractivity contribution is -0.0497. The summed E-state index contributed by atoms with van der Waals surface area (Å²) in [5.74, 6) is 0.195. The highest BCUT2D eigenvalue weighted by Crippen LogP contribution is 2.37. The lowest BCUT2D eigenvalue weighted by Gasteiger charge is -2.13. The third-order valence-corrected chi connectivity index (χ3v) is 6.64. The van der Waals surface area contributed by atoms with Crippen LogP contribution in [0.15, 0.2) is 65.8 Å². The molecule has 8 nitrogen and oxygen atoms in total. The average molecular weight is 519 g/mol. The number of hydrogen-bond acceptors (Lipinski definition) is 6. The summed E-state index contributed by atoms with van der Waals surface area (Å²) in [4.78, 5) is 8.13. The molecule has 1 N–H and O–H groups in total. The number of rotatable bonds is 9. The van der Waals surface area contributed by atoms with Crippen LogP contribution >= 0.6 is 0 Å². The molecule has 3 heterocycles. The molecule has 3 aromatic heterocycles. The molecule has 0 unspecified atom stereocenters. The molecule has 0 aliphatic rings. The van der Waals surface area contributed by atoms with Gasteiger partial charge in [0.1, 0.15) is 35.9 Å². The topological polar surface area (TPSA) is 110 Å². The molecule has 0 saturated heterocycles. The summed E-state index contributed by atoms with van der Waals surface area (Å²) in [7, 11) is -4.27. The number of nitrogens with one attached hydrogen (secondary N) is 1. The number of aromatic nitrogens is 3. The predicted octanol–water partition coefficient (Wildman–Crippen LogP) is 4.15. The minimum Gasteiger partial charge on any atom is -0.435 e. The largest absolute Gasteiger partial charge is 0.435 e. The van der Waals surface area contributed by atoms with Gasteiger partial charge >= 0.3 is 6.61 Å². The van der Waals surface area contributed by atoms with Crippen LogP contribution in [0.3, 0.4) is 0 Å². The summed E-state index contributed by atoms with van der Waals surface area (Å²) >= 11 is 0. The van der Waals surface area contributed by atoms with Crippen molar-refractivity contribution >= 4 is 20.9 Å². The first-order chi connectivity index (χ1) is 17.3. The van der Waals surface area contributed by atoms with Gasteiger partial charge in [-0.05, 0) is 36.4 Å². The van der Waals surface area contributed by atoms with Gasteiger partial charge in [0.15, 0.2) is 0 Å². The van der Waals surface area contributed by atoms with Gasteiger partial charge in [0.05, 0.1) is 28.5 Å². The Morgan fingerprint density at radius 2 is 1.86 bits per heavy atom. The Morgan fingerprint density at radius 1 is 1.08 bits per heavy atom. The van der Waals surface area contributed by atoms with Crippen molar-refractivity contribution in [3.63, 3.8) is 0 Å². The van der Waals surface area contributed by atoms with E-state index in [9.17, 15) is 31.2 Å². The van der Waals surface area contributed by atoms with E-state index in [4.69, 9.17) is 0 Å². The third kappa shape index (κ3) is 4.86. The Kier molecular flexibility index (Phi) is 7.18. The smallest absolute Gasteiger partial charge is 0.387 e. The van der Waals surface area contributed by atoms with Gasteiger partial charge in [0.25, 0.3) is 0 Å². The van der Waals surface area contributed by atoms with Crippen LogP contribution in [0, 0.1) is 11.3 Å². The zero-order valence-corrected chi connectivity index (χ0v) is 19.1. The number of nitriles is 1. The van der Waals surface area contributed by atoms with Crippen LogP contribution in [0.2, 0.25) is 0 Å². The van der Waals surface area contributed by atoms with E-state index in [1.165, 1.54) is 41.1 Å². The molecular formula is C23H17F4N5O3S. The second-order valence-corrected chi connectivity index (χ2v) is 9.14. The molecule has 4 aromatic rings. The van der Waals surface area contributed by atoms with Gasteiger partial charge in [0, 0.05) is 23.8 Å². The number of pyridine rings is 2. The van der Waals surface area contributed by atoms with Crippen molar-refractivity contribution in [2.75, 3.05) is 13.3 Å². The summed E-state index contributed by atoms with van der Waals surface area (Å²) in [5.41, 5.74) is 0.849. The van der Waals surface area contributed by atoms with E-state index in [1.54, 1.807) is 18.2 Å². The standard InChI is InChI=1S/C23H17F4N5O3S/c24-10-14(11-25)31-36(33,34)16-5-7-19(30-13-16)22-18(12-28)17-6-4-15(35-23(26)27)9-20(17)32(22)21-3-1-2-8-29-21/h1-9,13-14,23,31H,10-11H2. The molecule has 0 aliphatic carbocycles. The number of halogens is 4. The van der Waals surface area contributed by atoms with Gasteiger partial charge < -0.3 is 4.74 Å². The van der Waals surface area contributed by atoms with Crippen LogP contribution in [0.4, 0.5) is 17.6 Å². The molecule has 0 atom stereocenters. The lowest BCUT2D eigenvalue weighted by atomic mass is 10.1. The molecule has 0 bridgehead atoms. The molecule has 0 radical (unpaired) electrons. The monoisotopic (exact) mass is 519 g/mol. The zero-order chi connectivity index (χ0) is 25.9. The summed E-state index contributed by atoms with van der Waals surface area (Å²) in [5, 5.41) is 10.3. The van der Waals surface area contributed by atoms with Crippen molar-refractivity contribution in [3.8, 4) is 29.0 Å². The number of hydrogen-bond donors (Lipinski definition) is 1. The average Bonchev–Trinajstić information content (AvgIpc) is 3.21. The highest BCUT2D eigenvalue weighted by molar-refractivity contribution is 7.89. The molecule has 4 rings (SSSR count). The maximum absolute atomic E-state index is 12.8. The Bertz CT molecular complexity index is 1520. The molecule has 36 heavy (non-hydrogen) atoms. The summed E-state index contributed by atoms with van der Waals surface area (Å²) in [6.45, 7) is -5.52. The highest BCUT2D eigenvalue weighted by atomic mass is 32.2. The molecular weight excluding hydrogens is 502 g/mol. The van der Waals surface area contributed by atoms with Crippen molar-refractivity contribution in [1.82, 2.24) is 19.3 Å². The van der Waals surface area contributed by atoms with Crippen LogP contribution in [0.1, 0.15) is 5.56 Å². The predicted molar refractivity (Wildman–Crippen MR) is 122 cm³/mol.